The number of carboxylic acids is 1. The number of nitrogens with one attached hydrogen (secondary N) is 1. The summed E-state index contributed by atoms with van der Waals surface area (Å²) in [6.07, 6.45) is 0. The van der Waals surface area contributed by atoms with Gasteiger partial charge in [-0.3, -0.25) is 0 Å². The van der Waals surface area contributed by atoms with E-state index in [2.05, 4.69) is 5.32 Å². The molecule has 3 heteroatoms. The second kappa shape index (κ2) is 4.13. The van der Waals surface area contributed by atoms with E-state index in [0.29, 0.717) is 0 Å². The van der Waals surface area contributed by atoms with Gasteiger partial charge in [0, 0.05) is 5.69 Å². The maximum atomic E-state index is 10.5. The van der Waals surface area contributed by atoms with Gasteiger partial charge in [0.05, 0.1) is 12.0 Å². The smallest absolute Gasteiger partial charge is 0.0634 e. The molecule has 0 aromatic heterocycles. The quantitative estimate of drug-likeness (QED) is 0.772. The molecule has 0 aliphatic carbocycles. The molecule has 0 radical (unpaired) electrons. The van der Waals surface area contributed by atoms with Crippen LogP contribution in [0.2, 0.25) is 0 Å². The van der Waals surface area contributed by atoms with Crippen molar-refractivity contribution in [2.75, 3.05) is 5.32 Å². The van der Waals surface area contributed by atoms with E-state index in [4.69, 9.17) is 0 Å². The molecule has 0 saturated heterocycles. The molecule has 1 aromatic rings. The SMILES string of the molecule is Cc1cc(C)cc(N[C@@H](C)C(=O)[O-])c1. The Labute approximate surface area is 83.8 Å². The second-order valence-corrected chi connectivity index (χ2v) is 3.56. The van der Waals surface area contributed by atoms with E-state index in [0.717, 1.165) is 16.8 Å². The number of carboxylic acid groups (broad SMARTS) is 1. The molecule has 0 amide bonds. The van der Waals surface area contributed by atoms with E-state index in [1.165, 1.54) is 0 Å². The summed E-state index contributed by atoms with van der Waals surface area (Å²) in [6.45, 7) is 5.51. The zero-order valence-corrected chi connectivity index (χ0v) is 8.63. The lowest BCUT2D eigenvalue weighted by Gasteiger charge is -2.16. The maximum absolute atomic E-state index is 10.5. The van der Waals surface area contributed by atoms with Crippen LogP contribution in [0.25, 0.3) is 0 Å². The topological polar surface area (TPSA) is 52.2 Å². The Hall–Kier alpha value is -1.51. The number of carbonyl (C=O) groups is 1. The summed E-state index contributed by atoms with van der Waals surface area (Å²) in [5, 5.41) is 13.4. The lowest BCUT2D eigenvalue weighted by molar-refractivity contribution is -0.306. The predicted molar refractivity (Wildman–Crippen MR) is 54.0 cm³/mol. The van der Waals surface area contributed by atoms with Gasteiger partial charge in [-0.05, 0) is 44.0 Å². The summed E-state index contributed by atoms with van der Waals surface area (Å²) in [7, 11) is 0. The highest BCUT2D eigenvalue weighted by Gasteiger charge is 2.02. The average Bonchev–Trinajstić information content (AvgIpc) is 2.01. The molecule has 0 heterocycles. The zero-order chi connectivity index (χ0) is 10.7. The molecule has 0 aliphatic rings. The Morgan fingerprint density at radius 3 is 2.21 bits per heavy atom. The summed E-state index contributed by atoms with van der Waals surface area (Å²) in [5.41, 5.74) is 3.04. The molecule has 0 fully saturated rings. The molecule has 14 heavy (non-hydrogen) atoms. The fraction of sp³-hybridized carbons (Fsp3) is 0.364. The average molecular weight is 192 g/mol. The molecule has 1 atom stereocenters. The van der Waals surface area contributed by atoms with Crippen molar-refractivity contribution < 1.29 is 9.90 Å². The van der Waals surface area contributed by atoms with E-state index >= 15 is 0 Å². The molecule has 1 rings (SSSR count). The molecule has 0 spiro atoms. The van der Waals surface area contributed by atoms with Crippen molar-refractivity contribution in [1.82, 2.24) is 0 Å². The molecular weight excluding hydrogens is 178 g/mol. The summed E-state index contributed by atoms with van der Waals surface area (Å²) in [6, 6.07) is 5.18. The summed E-state index contributed by atoms with van der Waals surface area (Å²) in [5.74, 6) is -1.09. The molecule has 76 valence electrons. The number of aliphatic carboxylic acids is 1. The first-order chi connectivity index (χ1) is 6.49. The monoisotopic (exact) mass is 192 g/mol. The highest BCUT2D eigenvalue weighted by Crippen LogP contribution is 2.14. The maximum Gasteiger partial charge on any atom is 0.0634 e. The van der Waals surface area contributed by atoms with E-state index < -0.39 is 12.0 Å². The largest absolute Gasteiger partial charge is 0.548 e. The Balaban J connectivity index is 2.81. The number of aryl methyl sites for hydroxylation is 2. The Morgan fingerprint density at radius 2 is 1.79 bits per heavy atom. The van der Waals surface area contributed by atoms with Crippen LogP contribution in [-0.4, -0.2) is 12.0 Å². The van der Waals surface area contributed by atoms with Gasteiger partial charge in [-0.15, -0.1) is 0 Å². The minimum Gasteiger partial charge on any atom is -0.548 e. The molecule has 0 saturated carbocycles. The van der Waals surface area contributed by atoms with Crippen LogP contribution in [0.4, 0.5) is 5.69 Å². The summed E-state index contributed by atoms with van der Waals surface area (Å²) >= 11 is 0. The number of rotatable bonds is 3. The molecule has 1 N–H and O–H groups in total. The van der Waals surface area contributed by atoms with Crippen LogP contribution in [0.5, 0.6) is 0 Å². The Kier molecular flexibility index (Phi) is 3.12. The third-order valence-corrected chi connectivity index (χ3v) is 1.96. The fourth-order valence-electron chi connectivity index (χ4n) is 1.37. The number of anilines is 1. The minimum absolute atomic E-state index is 0.670. The van der Waals surface area contributed by atoms with Crippen LogP contribution < -0.4 is 10.4 Å². The lowest BCUT2D eigenvalue weighted by Crippen LogP contribution is -2.38. The van der Waals surface area contributed by atoms with Crippen LogP contribution >= 0.6 is 0 Å². The van der Waals surface area contributed by atoms with Crippen molar-refractivity contribution in [2.24, 2.45) is 0 Å². The van der Waals surface area contributed by atoms with Gasteiger partial charge < -0.3 is 15.2 Å². The van der Waals surface area contributed by atoms with Crippen LogP contribution in [0.3, 0.4) is 0 Å². The number of benzene rings is 1. The fourth-order valence-corrected chi connectivity index (χ4v) is 1.37. The van der Waals surface area contributed by atoms with E-state index in [9.17, 15) is 9.90 Å². The van der Waals surface area contributed by atoms with Gasteiger partial charge in [0.15, 0.2) is 0 Å². The second-order valence-electron chi connectivity index (χ2n) is 3.56. The van der Waals surface area contributed by atoms with Gasteiger partial charge in [-0.1, -0.05) is 6.07 Å². The first-order valence-corrected chi connectivity index (χ1v) is 4.54. The van der Waals surface area contributed by atoms with Crippen molar-refractivity contribution in [3.05, 3.63) is 29.3 Å². The van der Waals surface area contributed by atoms with Crippen LogP contribution in [0, 0.1) is 13.8 Å². The standard InChI is InChI=1S/C11H15NO2/c1-7-4-8(2)6-10(5-7)12-9(3)11(13)14/h4-6,9,12H,1-3H3,(H,13,14)/p-1/t9-/m0/s1. The van der Waals surface area contributed by atoms with Gasteiger partial charge in [0.1, 0.15) is 0 Å². The summed E-state index contributed by atoms with van der Waals surface area (Å²) in [4.78, 5) is 10.5. The molecule has 0 aliphatic heterocycles. The van der Waals surface area contributed by atoms with Crippen LogP contribution in [0.1, 0.15) is 18.1 Å². The van der Waals surface area contributed by atoms with Crippen molar-refractivity contribution in [2.45, 2.75) is 26.8 Å². The van der Waals surface area contributed by atoms with Crippen molar-refractivity contribution >= 4 is 11.7 Å². The van der Waals surface area contributed by atoms with Gasteiger partial charge in [-0.2, -0.15) is 0 Å². The first kappa shape index (κ1) is 10.6. The molecule has 1 aromatic carbocycles. The lowest BCUT2D eigenvalue weighted by atomic mass is 10.1. The van der Waals surface area contributed by atoms with Crippen molar-refractivity contribution in [3.8, 4) is 0 Å². The Bertz CT molecular complexity index is 327. The number of hydrogen-bond donors (Lipinski definition) is 1. The Morgan fingerprint density at radius 1 is 1.29 bits per heavy atom. The molecule has 0 bridgehead atoms. The highest BCUT2D eigenvalue weighted by molar-refractivity contribution is 5.74. The van der Waals surface area contributed by atoms with Crippen molar-refractivity contribution in [1.29, 1.82) is 0 Å². The normalized spacial score (nSPS) is 12.2. The zero-order valence-electron chi connectivity index (χ0n) is 8.63. The van der Waals surface area contributed by atoms with Gasteiger partial charge in [0.2, 0.25) is 0 Å². The third kappa shape index (κ3) is 2.76. The highest BCUT2D eigenvalue weighted by atomic mass is 16.4. The van der Waals surface area contributed by atoms with Crippen LogP contribution in [0.15, 0.2) is 18.2 Å². The summed E-state index contributed by atoms with van der Waals surface area (Å²) < 4.78 is 0. The third-order valence-electron chi connectivity index (χ3n) is 1.96. The molecule has 3 nitrogen and oxygen atoms in total. The van der Waals surface area contributed by atoms with E-state index in [1.807, 2.05) is 32.0 Å². The van der Waals surface area contributed by atoms with Gasteiger partial charge in [0.25, 0.3) is 0 Å². The number of carbonyl (C=O) groups excluding carboxylic acids is 1. The van der Waals surface area contributed by atoms with Crippen LogP contribution in [-0.2, 0) is 4.79 Å². The minimum atomic E-state index is -1.09. The van der Waals surface area contributed by atoms with E-state index in [1.54, 1.807) is 6.92 Å². The molecular formula is C11H14NO2-. The van der Waals surface area contributed by atoms with Crippen molar-refractivity contribution in [3.63, 3.8) is 0 Å². The first-order valence-electron chi connectivity index (χ1n) is 4.54. The van der Waals surface area contributed by atoms with E-state index in [-0.39, 0.29) is 0 Å². The predicted octanol–water partition coefficient (Wildman–Crippen LogP) is 0.854. The molecule has 0 unspecified atom stereocenters. The number of hydrogen-bond acceptors (Lipinski definition) is 3. The van der Waals surface area contributed by atoms with Gasteiger partial charge in [-0.25, -0.2) is 0 Å². The van der Waals surface area contributed by atoms with Gasteiger partial charge >= 0.3 is 0 Å².